The predicted octanol–water partition coefficient (Wildman–Crippen LogP) is 4.06. The van der Waals surface area contributed by atoms with Crippen molar-refractivity contribution < 1.29 is 9.53 Å². The van der Waals surface area contributed by atoms with Crippen molar-refractivity contribution in [2.24, 2.45) is 0 Å². The van der Waals surface area contributed by atoms with Gasteiger partial charge in [0.05, 0.1) is 5.69 Å². The molecule has 2 atom stereocenters. The summed E-state index contributed by atoms with van der Waals surface area (Å²) in [6.07, 6.45) is 7.58. The van der Waals surface area contributed by atoms with E-state index in [2.05, 4.69) is 17.2 Å². The fourth-order valence-electron chi connectivity index (χ4n) is 3.01. The summed E-state index contributed by atoms with van der Waals surface area (Å²) in [6, 6.07) is 4.43. The number of aromatic nitrogens is 1. The molecule has 23 heavy (non-hydrogen) atoms. The SMILES string of the molecule is CC(CC1CCCCN1C(=O)OC(C)(C)C)Nc1cccnc1. The minimum absolute atomic E-state index is 0.184. The Morgan fingerprint density at radius 3 is 2.91 bits per heavy atom. The van der Waals surface area contributed by atoms with Gasteiger partial charge in [-0.2, -0.15) is 0 Å². The van der Waals surface area contributed by atoms with Crippen molar-refractivity contribution in [1.82, 2.24) is 9.88 Å². The smallest absolute Gasteiger partial charge is 0.410 e. The van der Waals surface area contributed by atoms with Crippen LogP contribution >= 0.6 is 0 Å². The number of likely N-dealkylation sites (tertiary alicyclic amines) is 1. The number of nitrogens with one attached hydrogen (secondary N) is 1. The number of anilines is 1. The Balaban J connectivity index is 1.94. The highest BCUT2D eigenvalue weighted by Gasteiger charge is 2.31. The summed E-state index contributed by atoms with van der Waals surface area (Å²) in [4.78, 5) is 18.5. The summed E-state index contributed by atoms with van der Waals surface area (Å²) in [7, 11) is 0. The van der Waals surface area contributed by atoms with E-state index in [0.29, 0.717) is 0 Å². The number of pyridine rings is 1. The lowest BCUT2D eigenvalue weighted by Gasteiger charge is -2.38. The molecule has 1 N–H and O–H groups in total. The van der Waals surface area contributed by atoms with Gasteiger partial charge >= 0.3 is 6.09 Å². The van der Waals surface area contributed by atoms with E-state index in [9.17, 15) is 4.79 Å². The number of amides is 1. The Morgan fingerprint density at radius 1 is 1.48 bits per heavy atom. The molecule has 1 fully saturated rings. The van der Waals surface area contributed by atoms with E-state index in [-0.39, 0.29) is 18.2 Å². The van der Waals surface area contributed by atoms with Crippen molar-refractivity contribution >= 4 is 11.8 Å². The lowest BCUT2D eigenvalue weighted by Crippen LogP contribution is -2.47. The van der Waals surface area contributed by atoms with Crippen LogP contribution in [0.3, 0.4) is 0 Å². The van der Waals surface area contributed by atoms with E-state index in [4.69, 9.17) is 4.74 Å². The summed E-state index contributed by atoms with van der Waals surface area (Å²) in [5.41, 5.74) is 0.568. The summed E-state index contributed by atoms with van der Waals surface area (Å²) in [6.45, 7) is 8.68. The molecule has 0 aliphatic carbocycles. The fraction of sp³-hybridized carbons (Fsp3) is 0.667. The van der Waals surface area contributed by atoms with E-state index in [1.807, 2.05) is 44.0 Å². The molecule has 0 aromatic carbocycles. The largest absolute Gasteiger partial charge is 0.444 e. The summed E-state index contributed by atoms with van der Waals surface area (Å²) in [5.74, 6) is 0. The van der Waals surface area contributed by atoms with Gasteiger partial charge in [0.15, 0.2) is 0 Å². The van der Waals surface area contributed by atoms with Crippen molar-refractivity contribution in [2.75, 3.05) is 11.9 Å². The number of hydrogen-bond acceptors (Lipinski definition) is 4. The monoisotopic (exact) mass is 319 g/mol. The van der Waals surface area contributed by atoms with Crippen molar-refractivity contribution in [2.45, 2.75) is 71.1 Å². The summed E-state index contributed by atoms with van der Waals surface area (Å²) >= 11 is 0. The van der Waals surface area contributed by atoms with Crippen LogP contribution in [0.1, 0.15) is 53.4 Å². The lowest BCUT2D eigenvalue weighted by atomic mass is 9.96. The maximum absolute atomic E-state index is 12.4. The molecule has 1 amide bonds. The van der Waals surface area contributed by atoms with Crippen LogP contribution in [0.5, 0.6) is 0 Å². The second-order valence-corrected chi connectivity index (χ2v) is 7.35. The number of hydrogen-bond donors (Lipinski definition) is 1. The molecule has 1 aliphatic heterocycles. The minimum Gasteiger partial charge on any atom is -0.444 e. The van der Waals surface area contributed by atoms with E-state index in [0.717, 1.165) is 31.5 Å². The van der Waals surface area contributed by atoms with Crippen LogP contribution in [-0.2, 0) is 4.74 Å². The fourth-order valence-corrected chi connectivity index (χ4v) is 3.01. The lowest BCUT2D eigenvalue weighted by molar-refractivity contribution is 0.00852. The van der Waals surface area contributed by atoms with Gasteiger partial charge in [-0.25, -0.2) is 4.79 Å². The molecule has 2 rings (SSSR count). The van der Waals surface area contributed by atoms with Crippen molar-refractivity contribution in [3.8, 4) is 0 Å². The molecule has 2 unspecified atom stereocenters. The Hall–Kier alpha value is -1.78. The first-order valence-corrected chi connectivity index (χ1v) is 8.51. The second kappa shape index (κ2) is 7.66. The zero-order chi connectivity index (χ0) is 16.9. The number of ether oxygens (including phenoxy) is 1. The molecule has 1 aliphatic rings. The maximum Gasteiger partial charge on any atom is 0.410 e. The van der Waals surface area contributed by atoms with Crippen LogP contribution in [0, 0.1) is 0 Å². The molecular weight excluding hydrogens is 290 g/mol. The number of rotatable bonds is 4. The zero-order valence-corrected chi connectivity index (χ0v) is 14.7. The first kappa shape index (κ1) is 17.6. The third-order valence-electron chi connectivity index (χ3n) is 3.96. The molecule has 2 heterocycles. The molecule has 0 bridgehead atoms. The average Bonchev–Trinajstić information content (AvgIpc) is 2.47. The van der Waals surface area contributed by atoms with Gasteiger partial charge in [-0.3, -0.25) is 4.98 Å². The van der Waals surface area contributed by atoms with Gasteiger partial charge in [-0.15, -0.1) is 0 Å². The molecular formula is C18H29N3O2. The molecule has 5 nitrogen and oxygen atoms in total. The van der Waals surface area contributed by atoms with Crippen molar-refractivity contribution in [1.29, 1.82) is 0 Å². The highest BCUT2D eigenvalue weighted by Crippen LogP contribution is 2.24. The van der Waals surface area contributed by atoms with Crippen LogP contribution in [-0.4, -0.2) is 40.2 Å². The zero-order valence-electron chi connectivity index (χ0n) is 14.7. The van der Waals surface area contributed by atoms with Crippen LogP contribution in [0.15, 0.2) is 24.5 Å². The van der Waals surface area contributed by atoms with Gasteiger partial charge in [0, 0.05) is 31.0 Å². The Kier molecular flexibility index (Phi) is 5.85. The second-order valence-electron chi connectivity index (χ2n) is 7.35. The summed E-state index contributed by atoms with van der Waals surface area (Å²) in [5, 5.41) is 3.46. The van der Waals surface area contributed by atoms with Crippen LogP contribution in [0.25, 0.3) is 0 Å². The van der Waals surface area contributed by atoms with E-state index in [1.54, 1.807) is 6.20 Å². The molecule has 1 saturated heterocycles. The molecule has 1 aromatic heterocycles. The first-order valence-electron chi connectivity index (χ1n) is 8.51. The third kappa shape index (κ3) is 5.73. The predicted molar refractivity (Wildman–Crippen MR) is 92.5 cm³/mol. The van der Waals surface area contributed by atoms with Gasteiger partial charge in [0.25, 0.3) is 0 Å². The maximum atomic E-state index is 12.4. The van der Waals surface area contributed by atoms with Crippen LogP contribution in [0.2, 0.25) is 0 Å². The third-order valence-corrected chi connectivity index (χ3v) is 3.96. The number of carbonyl (C=O) groups excluding carboxylic acids is 1. The normalized spacial score (nSPS) is 20.0. The molecule has 5 heteroatoms. The Labute approximate surface area is 139 Å². The highest BCUT2D eigenvalue weighted by atomic mass is 16.6. The number of carbonyl (C=O) groups is 1. The van der Waals surface area contributed by atoms with Gasteiger partial charge < -0.3 is 15.0 Å². The quantitative estimate of drug-likeness (QED) is 0.909. The van der Waals surface area contributed by atoms with Gasteiger partial charge in [0.2, 0.25) is 0 Å². The molecule has 0 spiro atoms. The van der Waals surface area contributed by atoms with Crippen molar-refractivity contribution in [3.05, 3.63) is 24.5 Å². The number of piperidine rings is 1. The standard InChI is InChI=1S/C18H29N3O2/c1-14(20-15-8-7-10-19-13-15)12-16-9-5-6-11-21(16)17(22)23-18(2,3)4/h7-8,10,13-14,16,20H,5-6,9,11-12H2,1-4H3. The van der Waals surface area contributed by atoms with Crippen molar-refractivity contribution in [3.63, 3.8) is 0 Å². The van der Waals surface area contributed by atoms with E-state index in [1.165, 1.54) is 6.42 Å². The van der Waals surface area contributed by atoms with Gasteiger partial charge in [0.1, 0.15) is 5.60 Å². The Bertz CT molecular complexity index is 499. The Morgan fingerprint density at radius 2 is 2.26 bits per heavy atom. The molecule has 0 saturated carbocycles. The highest BCUT2D eigenvalue weighted by molar-refractivity contribution is 5.68. The summed E-state index contributed by atoms with van der Waals surface area (Å²) < 4.78 is 5.56. The van der Waals surface area contributed by atoms with E-state index < -0.39 is 5.60 Å². The van der Waals surface area contributed by atoms with Crippen LogP contribution in [0.4, 0.5) is 10.5 Å². The number of nitrogens with zero attached hydrogens (tertiary/aromatic N) is 2. The van der Waals surface area contributed by atoms with Gasteiger partial charge in [-0.05, 0) is 65.5 Å². The minimum atomic E-state index is -0.446. The average molecular weight is 319 g/mol. The topological polar surface area (TPSA) is 54.5 Å². The first-order chi connectivity index (χ1) is 10.8. The molecule has 1 aromatic rings. The van der Waals surface area contributed by atoms with Crippen LogP contribution < -0.4 is 5.32 Å². The molecule has 0 radical (unpaired) electrons. The van der Waals surface area contributed by atoms with Gasteiger partial charge in [-0.1, -0.05) is 0 Å². The molecule has 128 valence electrons. The van der Waals surface area contributed by atoms with E-state index >= 15 is 0 Å².